The van der Waals surface area contributed by atoms with Crippen molar-refractivity contribution in [1.82, 2.24) is 25.1 Å². The number of nitriles is 1. The van der Waals surface area contributed by atoms with Crippen LogP contribution in [0.1, 0.15) is 37.7 Å². The summed E-state index contributed by atoms with van der Waals surface area (Å²) in [6.45, 7) is 5.22. The van der Waals surface area contributed by atoms with Gasteiger partial charge in [-0.15, -0.1) is 5.10 Å². The topological polar surface area (TPSA) is 79.4 Å². The van der Waals surface area contributed by atoms with Crippen LogP contribution >= 0.6 is 0 Å². The standard InChI is InChI=1S/C13H16N6/c1-3-5-15-10(2)11-4-6-16-13(7-11)19-9-17-12(8-14)18-19/h4,6-7,9-10,15H,3,5H2,1-2H3. The number of aromatic nitrogens is 4. The molecule has 1 unspecified atom stereocenters. The lowest BCUT2D eigenvalue weighted by atomic mass is 10.1. The molecule has 6 nitrogen and oxygen atoms in total. The lowest BCUT2D eigenvalue weighted by Crippen LogP contribution is -2.19. The Morgan fingerprint density at radius 1 is 1.47 bits per heavy atom. The third kappa shape index (κ3) is 3.14. The van der Waals surface area contributed by atoms with Crippen LogP contribution in [0.5, 0.6) is 0 Å². The van der Waals surface area contributed by atoms with Crippen LogP contribution in [0.15, 0.2) is 24.7 Å². The van der Waals surface area contributed by atoms with Crippen molar-refractivity contribution in [1.29, 1.82) is 5.26 Å². The van der Waals surface area contributed by atoms with Crippen LogP contribution in [0.2, 0.25) is 0 Å². The smallest absolute Gasteiger partial charge is 0.252 e. The minimum absolute atomic E-state index is 0.143. The highest BCUT2D eigenvalue weighted by Gasteiger charge is 2.08. The number of hydrogen-bond acceptors (Lipinski definition) is 5. The summed E-state index contributed by atoms with van der Waals surface area (Å²) in [7, 11) is 0. The Hall–Kier alpha value is -2.26. The summed E-state index contributed by atoms with van der Waals surface area (Å²) in [5.41, 5.74) is 1.13. The van der Waals surface area contributed by atoms with E-state index in [1.165, 1.54) is 11.0 Å². The van der Waals surface area contributed by atoms with Crippen molar-refractivity contribution in [2.45, 2.75) is 26.3 Å². The van der Waals surface area contributed by atoms with Crippen molar-refractivity contribution in [3.8, 4) is 11.9 Å². The van der Waals surface area contributed by atoms with Crippen molar-refractivity contribution < 1.29 is 0 Å². The zero-order chi connectivity index (χ0) is 13.7. The molecule has 0 aliphatic carbocycles. The zero-order valence-corrected chi connectivity index (χ0v) is 11.0. The molecule has 2 aromatic heterocycles. The van der Waals surface area contributed by atoms with Gasteiger partial charge in [-0.25, -0.2) is 14.6 Å². The Balaban J connectivity index is 2.21. The Kier molecular flexibility index (Phi) is 4.21. The average molecular weight is 256 g/mol. The third-order valence-electron chi connectivity index (χ3n) is 2.80. The van der Waals surface area contributed by atoms with E-state index in [1.807, 2.05) is 18.2 Å². The molecule has 0 spiro atoms. The predicted molar refractivity (Wildman–Crippen MR) is 70.6 cm³/mol. The maximum atomic E-state index is 8.72. The Bertz CT molecular complexity index is 583. The number of nitrogens with one attached hydrogen (secondary N) is 1. The van der Waals surface area contributed by atoms with Gasteiger partial charge < -0.3 is 5.32 Å². The van der Waals surface area contributed by atoms with Crippen LogP contribution in [-0.4, -0.2) is 26.3 Å². The van der Waals surface area contributed by atoms with Gasteiger partial charge in [0, 0.05) is 12.2 Å². The normalized spacial score (nSPS) is 12.1. The number of rotatable bonds is 5. The van der Waals surface area contributed by atoms with Gasteiger partial charge in [-0.1, -0.05) is 6.92 Å². The molecule has 6 heteroatoms. The molecule has 0 aromatic carbocycles. The molecule has 2 heterocycles. The predicted octanol–water partition coefficient (Wildman–Crippen LogP) is 1.59. The van der Waals surface area contributed by atoms with Gasteiger partial charge >= 0.3 is 0 Å². The maximum absolute atomic E-state index is 8.72. The van der Waals surface area contributed by atoms with Gasteiger partial charge in [0.25, 0.3) is 5.82 Å². The van der Waals surface area contributed by atoms with Crippen molar-refractivity contribution >= 4 is 0 Å². The molecule has 0 amide bonds. The van der Waals surface area contributed by atoms with E-state index < -0.39 is 0 Å². The average Bonchev–Trinajstić information content (AvgIpc) is 2.94. The lowest BCUT2D eigenvalue weighted by molar-refractivity contribution is 0.569. The van der Waals surface area contributed by atoms with Gasteiger partial charge in [0.15, 0.2) is 5.82 Å². The monoisotopic (exact) mass is 256 g/mol. The van der Waals surface area contributed by atoms with E-state index >= 15 is 0 Å². The minimum atomic E-state index is 0.143. The SMILES string of the molecule is CCCNC(C)c1ccnc(-n2cnc(C#N)n2)c1. The molecule has 0 aliphatic rings. The summed E-state index contributed by atoms with van der Waals surface area (Å²) >= 11 is 0. The van der Waals surface area contributed by atoms with Crippen molar-refractivity contribution in [3.05, 3.63) is 36.0 Å². The lowest BCUT2D eigenvalue weighted by Gasteiger charge is -2.14. The first-order valence-electron chi connectivity index (χ1n) is 6.26. The van der Waals surface area contributed by atoms with Gasteiger partial charge in [-0.3, -0.25) is 0 Å². The Morgan fingerprint density at radius 3 is 3.00 bits per heavy atom. The summed E-state index contributed by atoms with van der Waals surface area (Å²) < 4.78 is 1.51. The van der Waals surface area contributed by atoms with Crippen LogP contribution in [-0.2, 0) is 0 Å². The fraction of sp³-hybridized carbons (Fsp3) is 0.385. The minimum Gasteiger partial charge on any atom is -0.310 e. The molecule has 0 radical (unpaired) electrons. The van der Waals surface area contributed by atoms with Crippen molar-refractivity contribution in [2.24, 2.45) is 0 Å². The first kappa shape index (κ1) is 13.2. The number of hydrogen-bond donors (Lipinski definition) is 1. The third-order valence-corrected chi connectivity index (χ3v) is 2.80. The molecule has 2 rings (SSSR count). The maximum Gasteiger partial charge on any atom is 0.252 e. The van der Waals surface area contributed by atoms with E-state index in [9.17, 15) is 0 Å². The van der Waals surface area contributed by atoms with Gasteiger partial charge in [0.05, 0.1) is 0 Å². The molecule has 0 saturated heterocycles. The Morgan fingerprint density at radius 2 is 2.32 bits per heavy atom. The summed E-state index contributed by atoms with van der Waals surface area (Å²) in [6, 6.07) is 6.07. The van der Waals surface area contributed by atoms with Gasteiger partial charge in [0.1, 0.15) is 12.4 Å². The van der Waals surface area contributed by atoms with E-state index in [2.05, 4.69) is 34.2 Å². The molecule has 0 saturated carbocycles. The summed E-state index contributed by atoms with van der Waals surface area (Å²) in [6.07, 6.45) is 4.33. The van der Waals surface area contributed by atoms with E-state index in [4.69, 9.17) is 5.26 Å². The van der Waals surface area contributed by atoms with Crippen LogP contribution in [0.25, 0.3) is 5.82 Å². The van der Waals surface area contributed by atoms with E-state index in [0.717, 1.165) is 18.5 Å². The summed E-state index contributed by atoms with van der Waals surface area (Å²) in [5.74, 6) is 0.806. The zero-order valence-electron chi connectivity index (χ0n) is 11.0. The molecule has 1 atom stereocenters. The van der Waals surface area contributed by atoms with Gasteiger partial charge in [-0.05, 0) is 37.6 Å². The Labute approximate surface area is 112 Å². The molecule has 0 fully saturated rings. The first-order valence-corrected chi connectivity index (χ1v) is 6.26. The molecule has 2 aromatic rings. The van der Waals surface area contributed by atoms with Gasteiger partial charge in [0.2, 0.25) is 0 Å². The second kappa shape index (κ2) is 6.07. The molecular formula is C13H16N6. The molecule has 1 N–H and O–H groups in total. The van der Waals surface area contributed by atoms with E-state index in [0.29, 0.717) is 5.82 Å². The molecule has 0 bridgehead atoms. The molecule has 98 valence electrons. The van der Waals surface area contributed by atoms with Crippen LogP contribution in [0, 0.1) is 11.3 Å². The highest BCUT2D eigenvalue weighted by atomic mass is 15.4. The van der Waals surface area contributed by atoms with Crippen LogP contribution in [0.3, 0.4) is 0 Å². The highest BCUT2D eigenvalue weighted by molar-refractivity contribution is 5.29. The number of nitrogens with zero attached hydrogens (tertiary/aromatic N) is 5. The van der Waals surface area contributed by atoms with Crippen LogP contribution < -0.4 is 5.32 Å². The van der Waals surface area contributed by atoms with Crippen molar-refractivity contribution in [2.75, 3.05) is 6.54 Å². The van der Waals surface area contributed by atoms with Crippen molar-refractivity contribution in [3.63, 3.8) is 0 Å². The van der Waals surface area contributed by atoms with Crippen LogP contribution in [0.4, 0.5) is 0 Å². The van der Waals surface area contributed by atoms with Gasteiger partial charge in [-0.2, -0.15) is 5.26 Å². The van der Waals surface area contributed by atoms with E-state index in [-0.39, 0.29) is 11.9 Å². The number of pyridine rings is 1. The quantitative estimate of drug-likeness (QED) is 0.878. The largest absolute Gasteiger partial charge is 0.310 e. The fourth-order valence-corrected chi connectivity index (χ4v) is 1.73. The molecule has 19 heavy (non-hydrogen) atoms. The summed E-state index contributed by atoms with van der Waals surface area (Å²) in [4.78, 5) is 8.11. The second-order valence-electron chi connectivity index (χ2n) is 4.25. The highest BCUT2D eigenvalue weighted by Crippen LogP contribution is 2.14. The van der Waals surface area contributed by atoms with E-state index in [1.54, 1.807) is 6.20 Å². The molecule has 0 aliphatic heterocycles. The fourth-order valence-electron chi connectivity index (χ4n) is 1.73. The second-order valence-corrected chi connectivity index (χ2v) is 4.25. The summed E-state index contributed by atoms with van der Waals surface area (Å²) in [5, 5.41) is 16.2. The molecular weight excluding hydrogens is 240 g/mol. The first-order chi connectivity index (χ1) is 9.24.